The van der Waals surface area contributed by atoms with Crippen LogP contribution in [0.15, 0.2) is 109 Å². The van der Waals surface area contributed by atoms with Crippen molar-refractivity contribution in [2.75, 3.05) is 26.4 Å². The first-order valence-corrected chi connectivity index (χ1v) is 29.1. The van der Waals surface area contributed by atoms with E-state index < -0.39 is 131 Å². The van der Waals surface area contributed by atoms with Gasteiger partial charge in [0.2, 0.25) is 5.91 Å². The van der Waals surface area contributed by atoms with Gasteiger partial charge in [-0.1, -0.05) is 142 Å². The number of carbonyl (C=O) groups is 1. The standard InChI is InChI=1S/C61H99NO18/c1-3-5-7-9-11-13-15-17-19-20-21-22-23-24-25-27-29-31-33-35-37-39-49(67)62-44(45(66)38-36-34-32-30-28-26-18-16-14-12-10-8-6-4-2)43-75-59-55(73)52(70)57(47(41-64)77-59)80-61-56(74)53(71)58(48(42-65)78-61)79-60-54(72)51(69)50(68)46(40-63)76-60/h5,7,11,13-14,16-17,19,21-22,24-25,28-31,36,38,44-48,50-61,63-66,68-74H,3-4,6,8-10,12,15,18,20,23,26-27,32-35,37,39-43H2,1-2H3,(H,62,67)/b7-5-,13-11-,16-14+,19-17-,22-21-,25-24-,30-28+,31-29-,38-36+. The molecule has 0 aromatic rings. The highest BCUT2D eigenvalue weighted by molar-refractivity contribution is 5.76. The van der Waals surface area contributed by atoms with Gasteiger partial charge in [-0.2, -0.15) is 0 Å². The van der Waals surface area contributed by atoms with Crippen LogP contribution in [0, 0.1) is 0 Å². The maximum atomic E-state index is 13.3. The van der Waals surface area contributed by atoms with E-state index in [9.17, 15) is 61.0 Å². The van der Waals surface area contributed by atoms with Gasteiger partial charge < -0.3 is 89.9 Å². The molecule has 80 heavy (non-hydrogen) atoms. The Bertz CT molecular complexity index is 1880. The van der Waals surface area contributed by atoms with Gasteiger partial charge >= 0.3 is 0 Å². The number of aliphatic hydroxyl groups is 11. The molecule has 17 unspecified atom stereocenters. The summed E-state index contributed by atoms with van der Waals surface area (Å²) < 4.78 is 34.1. The zero-order valence-electron chi connectivity index (χ0n) is 47.2. The van der Waals surface area contributed by atoms with Crippen molar-refractivity contribution in [1.82, 2.24) is 5.32 Å². The second kappa shape index (κ2) is 43.1. The van der Waals surface area contributed by atoms with Gasteiger partial charge in [-0.05, 0) is 96.3 Å². The molecule has 19 heteroatoms. The van der Waals surface area contributed by atoms with Crippen LogP contribution in [0.25, 0.3) is 0 Å². The lowest BCUT2D eigenvalue weighted by molar-refractivity contribution is -0.379. The molecule has 456 valence electrons. The van der Waals surface area contributed by atoms with Crippen LogP contribution in [0.3, 0.4) is 0 Å². The Hall–Kier alpha value is -3.55. The van der Waals surface area contributed by atoms with E-state index in [0.29, 0.717) is 12.8 Å². The van der Waals surface area contributed by atoms with E-state index in [0.717, 1.165) is 77.0 Å². The molecule has 0 saturated carbocycles. The van der Waals surface area contributed by atoms with Crippen molar-refractivity contribution >= 4 is 5.91 Å². The Morgan fingerprint density at radius 2 is 0.875 bits per heavy atom. The second-order valence-electron chi connectivity index (χ2n) is 20.3. The molecule has 3 aliphatic rings. The summed E-state index contributed by atoms with van der Waals surface area (Å²) in [5.74, 6) is -0.339. The third-order valence-electron chi connectivity index (χ3n) is 13.8. The van der Waals surface area contributed by atoms with E-state index in [1.54, 1.807) is 12.2 Å². The minimum Gasteiger partial charge on any atom is -0.394 e. The largest absolute Gasteiger partial charge is 0.394 e. The van der Waals surface area contributed by atoms with Gasteiger partial charge in [0.25, 0.3) is 0 Å². The Labute approximate surface area is 475 Å². The normalized spacial score (nSPS) is 30.8. The van der Waals surface area contributed by atoms with Crippen molar-refractivity contribution in [3.8, 4) is 0 Å². The van der Waals surface area contributed by atoms with Gasteiger partial charge in [-0.25, -0.2) is 0 Å². The molecule has 0 bridgehead atoms. The van der Waals surface area contributed by atoms with Crippen LogP contribution in [0.5, 0.6) is 0 Å². The number of allylic oxidation sites excluding steroid dienone is 17. The fourth-order valence-corrected chi connectivity index (χ4v) is 8.99. The molecule has 1 amide bonds. The maximum Gasteiger partial charge on any atom is 0.220 e. The third kappa shape index (κ3) is 26.8. The highest BCUT2D eigenvalue weighted by atomic mass is 16.8. The molecule has 0 aromatic heterocycles. The monoisotopic (exact) mass is 1130 g/mol. The lowest BCUT2D eigenvalue weighted by atomic mass is 9.96. The number of aliphatic hydroxyl groups excluding tert-OH is 11. The number of nitrogens with one attached hydrogen (secondary N) is 1. The highest BCUT2D eigenvalue weighted by Crippen LogP contribution is 2.33. The van der Waals surface area contributed by atoms with Crippen molar-refractivity contribution in [1.29, 1.82) is 0 Å². The van der Waals surface area contributed by atoms with Crippen molar-refractivity contribution in [3.63, 3.8) is 0 Å². The number of rotatable bonds is 40. The van der Waals surface area contributed by atoms with Gasteiger partial charge in [-0.3, -0.25) is 4.79 Å². The molecule has 0 spiro atoms. The third-order valence-corrected chi connectivity index (χ3v) is 13.8. The SMILES string of the molecule is CC/C=C\C/C=C\C/C=C\C/C=C\C/C=C\C/C=C\CCCCC(=O)NC(COC1OC(CO)C(OC2OC(CO)C(OC3OC(CO)C(O)C(O)C3O)C(O)C2O)C(O)C1O)C(O)/C=C/CC/C=C/CC/C=C/CCCCCC. The summed E-state index contributed by atoms with van der Waals surface area (Å²) in [5.41, 5.74) is 0. The fraction of sp³-hybridized carbons (Fsp3) is 0.689. The Balaban J connectivity index is 1.54. The molecule has 0 radical (unpaired) electrons. The second-order valence-corrected chi connectivity index (χ2v) is 20.3. The molecular formula is C61H99NO18. The first-order chi connectivity index (χ1) is 38.8. The van der Waals surface area contributed by atoms with Crippen molar-refractivity contribution in [2.45, 2.75) is 240 Å². The summed E-state index contributed by atoms with van der Waals surface area (Å²) in [5, 5.41) is 120. The lowest BCUT2D eigenvalue weighted by Gasteiger charge is -2.48. The molecule has 3 heterocycles. The van der Waals surface area contributed by atoms with Gasteiger partial charge in [-0.15, -0.1) is 0 Å². The molecule has 0 aromatic carbocycles. The lowest BCUT2D eigenvalue weighted by Crippen LogP contribution is -2.66. The smallest absolute Gasteiger partial charge is 0.220 e. The fourth-order valence-electron chi connectivity index (χ4n) is 8.99. The van der Waals surface area contributed by atoms with E-state index in [2.05, 4.69) is 116 Å². The van der Waals surface area contributed by atoms with E-state index in [4.69, 9.17) is 28.4 Å². The summed E-state index contributed by atoms with van der Waals surface area (Å²) in [6.07, 6.45) is 27.9. The predicted molar refractivity (Wildman–Crippen MR) is 304 cm³/mol. The number of unbranched alkanes of at least 4 members (excludes halogenated alkanes) is 8. The average molecular weight is 1130 g/mol. The Morgan fingerprint density at radius 3 is 1.38 bits per heavy atom. The highest BCUT2D eigenvalue weighted by Gasteiger charge is 2.53. The van der Waals surface area contributed by atoms with Crippen molar-refractivity contribution in [3.05, 3.63) is 109 Å². The van der Waals surface area contributed by atoms with Gasteiger partial charge in [0.1, 0.15) is 73.2 Å². The summed E-state index contributed by atoms with van der Waals surface area (Å²) in [7, 11) is 0. The minimum atomic E-state index is -1.99. The summed E-state index contributed by atoms with van der Waals surface area (Å²) in [6.45, 7) is 1.48. The van der Waals surface area contributed by atoms with Gasteiger partial charge in [0.15, 0.2) is 18.9 Å². The van der Waals surface area contributed by atoms with Crippen LogP contribution in [0.2, 0.25) is 0 Å². The minimum absolute atomic E-state index is 0.169. The summed E-state index contributed by atoms with van der Waals surface area (Å²) in [6, 6.07) is -1.03. The number of hydrogen-bond acceptors (Lipinski definition) is 18. The molecule has 3 rings (SSSR count). The van der Waals surface area contributed by atoms with Crippen LogP contribution >= 0.6 is 0 Å². The zero-order chi connectivity index (χ0) is 58.3. The number of amides is 1. The number of ether oxygens (including phenoxy) is 6. The number of carbonyl (C=O) groups excluding carboxylic acids is 1. The summed E-state index contributed by atoms with van der Waals surface area (Å²) >= 11 is 0. The molecule has 3 fully saturated rings. The molecule has 17 atom stereocenters. The number of hydrogen-bond donors (Lipinski definition) is 12. The quantitative estimate of drug-likeness (QED) is 0.0291. The maximum absolute atomic E-state index is 13.3. The van der Waals surface area contributed by atoms with E-state index in [1.165, 1.54) is 25.7 Å². The predicted octanol–water partition coefficient (Wildman–Crippen LogP) is 4.75. The van der Waals surface area contributed by atoms with Gasteiger partial charge in [0, 0.05) is 6.42 Å². The first-order valence-electron chi connectivity index (χ1n) is 29.1. The van der Waals surface area contributed by atoms with E-state index in [-0.39, 0.29) is 12.3 Å². The van der Waals surface area contributed by atoms with E-state index in [1.807, 2.05) is 0 Å². The van der Waals surface area contributed by atoms with Crippen LogP contribution in [0.1, 0.15) is 136 Å². The van der Waals surface area contributed by atoms with Crippen LogP contribution < -0.4 is 5.32 Å². The van der Waals surface area contributed by atoms with Gasteiger partial charge in [0.05, 0.1) is 38.6 Å². The van der Waals surface area contributed by atoms with Crippen molar-refractivity contribution < 1.29 is 89.4 Å². The van der Waals surface area contributed by atoms with Crippen LogP contribution in [-0.2, 0) is 33.2 Å². The van der Waals surface area contributed by atoms with Crippen molar-refractivity contribution in [2.24, 2.45) is 0 Å². The molecule has 3 aliphatic heterocycles. The summed E-state index contributed by atoms with van der Waals surface area (Å²) in [4.78, 5) is 13.3. The Morgan fingerprint density at radius 1 is 0.463 bits per heavy atom. The Kier molecular flexibility index (Phi) is 38.1. The zero-order valence-corrected chi connectivity index (χ0v) is 47.2. The molecule has 0 aliphatic carbocycles. The molecule has 12 N–H and O–H groups in total. The molecule has 19 nitrogen and oxygen atoms in total. The van der Waals surface area contributed by atoms with Crippen LogP contribution in [-0.4, -0.2) is 193 Å². The average Bonchev–Trinajstić information content (AvgIpc) is 3.45. The molecular weight excluding hydrogens is 1030 g/mol. The van der Waals surface area contributed by atoms with Crippen LogP contribution in [0.4, 0.5) is 0 Å². The topological polar surface area (TPSA) is 307 Å². The first kappa shape index (κ1) is 70.7. The molecule has 3 saturated heterocycles. The van der Waals surface area contributed by atoms with E-state index >= 15 is 0 Å².